The number of nitrogens with one attached hydrogen (secondary N) is 1. The van der Waals surface area contributed by atoms with E-state index in [1.807, 2.05) is 7.05 Å². The van der Waals surface area contributed by atoms with E-state index < -0.39 is 0 Å². The van der Waals surface area contributed by atoms with E-state index in [1.54, 1.807) is 0 Å². The van der Waals surface area contributed by atoms with Crippen molar-refractivity contribution >= 4 is 0 Å². The monoisotopic (exact) mass is 131 g/mol. The highest BCUT2D eigenvalue weighted by molar-refractivity contribution is 4.68. The maximum absolute atomic E-state index is 8.77. The molecule has 0 unspecified atom stereocenters. The molecule has 0 aliphatic carbocycles. The minimum Gasteiger partial charge on any atom is -0.395 e. The number of likely N-dealkylation sites (N-methyl/N-ethyl adjacent to an activating group) is 1. The van der Waals surface area contributed by atoms with Crippen molar-refractivity contribution in [3.63, 3.8) is 0 Å². The van der Waals surface area contributed by atoms with Gasteiger partial charge in [-0.2, -0.15) is 0 Å². The summed E-state index contributed by atoms with van der Waals surface area (Å²) in [7, 11) is 1.88. The summed E-state index contributed by atoms with van der Waals surface area (Å²) in [5.74, 6) is 0.569. The van der Waals surface area contributed by atoms with E-state index in [1.165, 1.54) is 0 Å². The van der Waals surface area contributed by atoms with Crippen LogP contribution in [-0.4, -0.2) is 24.8 Å². The van der Waals surface area contributed by atoms with Gasteiger partial charge in [0.15, 0.2) is 0 Å². The van der Waals surface area contributed by atoms with Crippen LogP contribution in [0.1, 0.15) is 20.3 Å². The molecule has 0 aromatic carbocycles. The Labute approximate surface area is 57.3 Å². The standard InChI is InChI=1S/C7H17NO/c1-4-6(2)7(5-9)8-3/h6-9H,4-5H2,1-3H3/t6-,7+/m0/s1. The summed E-state index contributed by atoms with van der Waals surface area (Å²) in [6.45, 7) is 4.51. The minimum atomic E-state index is 0.242. The Kier molecular flexibility index (Phi) is 4.72. The first-order valence-electron chi connectivity index (χ1n) is 3.54. The zero-order chi connectivity index (χ0) is 7.28. The van der Waals surface area contributed by atoms with Gasteiger partial charge in [0.2, 0.25) is 0 Å². The van der Waals surface area contributed by atoms with Crippen LogP contribution < -0.4 is 5.32 Å². The summed E-state index contributed by atoms with van der Waals surface area (Å²) in [5.41, 5.74) is 0. The molecule has 0 fully saturated rings. The molecule has 0 saturated heterocycles. The first kappa shape index (κ1) is 8.92. The number of rotatable bonds is 4. The van der Waals surface area contributed by atoms with Crippen LogP contribution in [0.4, 0.5) is 0 Å². The second-order valence-corrected chi connectivity index (χ2v) is 2.46. The van der Waals surface area contributed by atoms with E-state index in [0.717, 1.165) is 6.42 Å². The van der Waals surface area contributed by atoms with E-state index in [2.05, 4.69) is 19.2 Å². The van der Waals surface area contributed by atoms with Crippen LogP contribution in [0.25, 0.3) is 0 Å². The lowest BCUT2D eigenvalue weighted by molar-refractivity contribution is 0.209. The Bertz CT molecular complexity index is 61.9. The van der Waals surface area contributed by atoms with Gasteiger partial charge in [-0.1, -0.05) is 20.3 Å². The molecule has 0 aromatic heterocycles. The fourth-order valence-electron chi connectivity index (χ4n) is 0.840. The zero-order valence-corrected chi connectivity index (χ0v) is 6.52. The van der Waals surface area contributed by atoms with Crippen LogP contribution in [0.15, 0.2) is 0 Å². The second-order valence-electron chi connectivity index (χ2n) is 2.46. The molecule has 56 valence electrons. The van der Waals surface area contributed by atoms with Gasteiger partial charge in [0, 0.05) is 6.04 Å². The zero-order valence-electron chi connectivity index (χ0n) is 6.52. The molecule has 0 bridgehead atoms. The van der Waals surface area contributed by atoms with E-state index >= 15 is 0 Å². The Hall–Kier alpha value is -0.0800. The maximum Gasteiger partial charge on any atom is 0.0587 e. The van der Waals surface area contributed by atoms with Crippen molar-refractivity contribution < 1.29 is 5.11 Å². The second kappa shape index (κ2) is 4.77. The smallest absolute Gasteiger partial charge is 0.0587 e. The Morgan fingerprint density at radius 3 is 2.22 bits per heavy atom. The first-order chi connectivity index (χ1) is 4.26. The van der Waals surface area contributed by atoms with Crippen LogP contribution in [0.5, 0.6) is 0 Å². The molecule has 0 spiro atoms. The van der Waals surface area contributed by atoms with Gasteiger partial charge < -0.3 is 10.4 Å². The molecular formula is C7H17NO. The lowest BCUT2D eigenvalue weighted by Gasteiger charge is -2.19. The predicted octanol–water partition coefficient (Wildman–Crippen LogP) is 0.613. The lowest BCUT2D eigenvalue weighted by atomic mass is 10.0. The van der Waals surface area contributed by atoms with Crippen molar-refractivity contribution in [2.45, 2.75) is 26.3 Å². The summed E-state index contributed by atoms with van der Waals surface area (Å²) >= 11 is 0. The van der Waals surface area contributed by atoms with Gasteiger partial charge in [-0.15, -0.1) is 0 Å². The number of aliphatic hydroxyl groups is 1. The number of hydrogen-bond donors (Lipinski definition) is 2. The average Bonchev–Trinajstić information content (AvgIpc) is 1.90. The summed E-state index contributed by atoms with van der Waals surface area (Å²) in [5, 5.41) is 11.8. The normalized spacial score (nSPS) is 17.3. The lowest BCUT2D eigenvalue weighted by Crippen LogP contribution is -2.34. The van der Waals surface area contributed by atoms with Crippen LogP contribution in [0, 0.1) is 5.92 Å². The molecular weight excluding hydrogens is 114 g/mol. The topological polar surface area (TPSA) is 32.3 Å². The molecule has 0 saturated carbocycles. The largest absolute Gasteiger partial charge is 0.395 e. The summed E-state index contributed by atoms with van der Waals surface area (Å²) in [6, 6.07) is 0.273. The van der Waals surface area contributed by atoms with E-state index in [4.69, 9.17) is 5.11 Å². The fourth-order valence-corrected chi connectivity index (χ4v) is 0.840. The SMILES string of the molecule is CC[C@H](C)[C@@H](CO)NC. The molecule has 9 heavy (non-hydrogen) atoms. The van der Waals surface area contributed by atoms with Crippen LogP contribution in [0.2, 0.25) is 0 Å². The van der Waals surface area contributed by atoms with Crippen LogP contribution in [-0.2, 0) is 0 Å². The van der Waals surface area contributed by atoms with Crippen molar-refractivity contribution in [3.05, 3.63) is 0 Å². The minimum absolute atomic E-state index is 0.242. The molecule has 0 aromatic rings. The van der Waals surface area contributed by atoms with Crippen molar-refractivity contribution in [1.29, 1.82) is 0 Å². The molecule has 0 heterocycles. The molecule has 2 nitrogen and oxygen atoms in total. The summed E-state index contributed by atoms with van der Waals surface area (Å²) in [4.78, 5) is 0. The average molecular weight is 131 g/mol. The van der Waals surface area contributed by atoms with Crippen molar-refractivity contribution in [2.24, 2.45) is 5.92 Å². The molecule has 2 atom stereocenters. The van der Waals surface area contributed by atoms with Gasteiger partial charge in [-0.25, -0.2) is 0 Å². The Balaban J connectivity index is 3.50. The van der Waals surface area contributed by atoms with Gasteiger partial charge in [-0.3, -0.25) is 0 Å². The highest BCUT2D eigenvalue weighted by Crippen LogP contribution is 2.05. The molecule has 0 rings (SSSR count). The molecule has 0 aliphatic rings. The Morgan fingerprint density at radius 2 is 2.11 bits per heavy atom. The van der Waals surface area contributed by atoms with Gasteiger partial charge in [0.1, 0.15) is 0 Å². The molecule has 0 radical (unpaired) electrons. The summed E-state index contributed by atoms with van der Waals surface area (Å²) in [6.07, 6.45) is 1.12. The van der Waals surface area contributed by atoms with Crippen molar-refractivity contribution in [2.75, 3.05) is 13.7 Å². The third kappa shape index (κ3) is 2.82. The van der Waals surface area contributed by atoms with E-state index in [9.17, 15) is 0 Å². The maximum atomic E-state index is 8.77. The van der Waals surface area contributed by atoms with Gasteiger partial charge >= 0.3 is 0 Å². The number of aliphatic hydroxyl groups excluding tert-OH is 1. The molecule has 0 amide bonds. The van der Waals surface area contributed by atoms with Gasteiger partial charge in [0.05, 0.1) is 6.61 Å². The third-order valence-electron chi connectivity index (χ3n) is 1.90. The van der Waals surface area contributed by atoms with Crippen molar-refractivity contribution in [1.82, 2.24) is 5.32 Å². The predicted molar refractivity (Wildman–Crippen MR) is 39.4 cm³/mol. The quantitative estimate of drug-likeness (QED) is 0.586. The van der Waals surface area contributed by atoms with Crippen LogP contribution >= 0.6 is 0 Å². The summed E-state index contributed by atoms with van der Waals surface area (Å²) < 4.78 is 0. The van der Waals surface area contributed by atoms with Gasteiger partial charge in [0.25, 0.3) is 0 Å². The molecule has 2 heteroatoms. The third-order valence-corrected chi connectivity index (χ3v) is 1.90. The van der Waals surface area contributed by atoms with E-state index in [-0.39, 0.29) is 12.6 Å². The van der Waals surface area contributed by atoms with Gasteiger partial charge in [-0.05, 0) is 13.0 Å². The number of hydrogen-bond acceptors (Lipinski definition) is 2. The molecule has 2 N–H and O–H groups in total. The van der Waals surface area contributed by atoms with Crippen molar-refractivity contribution in [3.8, 4) is 0 Å². The highest BCUT2D eigenvalue weighted by atomic mass is 16.3. The Morgan fingerprint density at radius 1 is 1.56 bits per heavy atom. The van der Waals surface area contributed by atoms with Crippen LogP contribution in [0.3, 0.4) is 0 Å². The fraction of sp³-hybridized carbons (Fsp3) is 1.00. The molecule has 0 aliphatic heterocycles. The first-order valence-corrected chi connectivity index (χ1v) is 3.54. The highest BCUT2D eigenvalue weighted by Gasteiger charge is 2.10. The van der Waals surface area contributed by atoms with E-state index in [0.29, 0.717) is 5.92 Å².